The van der Waals surface area contributed by atoms with Gasteiger partial charge in [-0.1, -0.05) is 133 Å². The molecule has 0 saturated heterocycles. The van der Waals surface area contributed by atoms with Gasteiger partial charge in [0.1, 0.15) is 0 Å². The molecule has 0 unspecified atom stereocenters. The fourth-order valence-corrected chi connectivity index (χ4v) is 8.71. The minimum atomic E-state index is 1.13. The highest BCUT2D eigenvalue weighted by atomic mass is 32.1. The lowest BCUT2D eigenvalue weighted by molar-refractivity contribution is 1.32. The van der Waals surface area contributed by atoms with E-state index in [1.54, 1.807) is 0 Å². The van der Waals surface area contributed by atoms with Gasteiger partial charge in [-0.3, -0.25) is 0 Å². The number of benzene rings is 9. The Morgan fingerprint density at radius 2 is 1.00 bits per heavy atom. The highest BCUT2D eigenvalue weighted by Gasteiger charge is 2.21. The molecule has 1 heterocycles. The van der Waals surface area contributed by atoms with Gasteiger partial charge in [-0.25, -0.2) is 0 Å². The van der Waals surface area contributed by atoms with Crippen molar-refractivity contribution in [2.24, 2.45) is 0 Å². The van der Waals surface area contributed by atoms with Gasteiger partial charge in [0, 0.05) is 36.6 Å². The van der Waals surface area contributed by atoms with Crippen LogP contribution in [0.3, 0.4) is 0 Å². The molecule has 0 spiro atoms. The summed E-state index contributed by atoms with van der Waals surface area (Å²) in [6, 6.07) is 64.6. The summed E-state index contributed by atoms with van der Waals surface area (Å²) in [4.78, 5) is 2.50. The number of thiophene rings is 1. The molecule has 1 nitrogen and oxygen atoms in total. The second kappa shape index (κ2) is 10.8. The molecule has 2 heteroatoms. The van der Waals surface area contributed by atoms with Crippen LogP contribution in [0.5, 0.6) is 0 Å². The molecule has 0 saturated carbocycles. The molecule has 0 aliphatic carbocycles. The Morgan fingerprint density at radius 3 is 1.88 bits per heavy atom. The molecular weight excluding hydrogens is 599 g/mol. The van der Waals surface area contributed by atoms with Crippen LogP contribution in [0.15, 0.2) is 176 Å². The summed E-state index contributed by atoms with van der Waals surface area (Å²) in [7, 11) is 0. The second-order valence-electron chi connectivity index (χ2n) is 12.5. The molecular formula is C46H29NS. The molecule has 0 amide bonds. The predicted octanol–water partition coefficient (Wildman–Crippen LogP) is 13.8. The lowest BCUT2D eigenvalue weighted by Gasteiger charge is -2.29. The van der Waals surface area contributed by atoms with E-state index in [0.29, 0.717) is 0 Å². The molecule has 0 radical (unpaired) electrons. The molecule has 9 aromatic carbocycles. The van der Waals surface area contributed by atoms with Gasteiger partial charge in [-0.15, -0.1) is 11.3 Å². The number of fused-ring (bicyclic) bond motifs is 9. The maximum absolute atomic E-state index is 2.50. The van der Waals surface area contributed by atoms with Gasteiger partial charge in [0.05, 0.1) is 11.4 Å². The number of hydrogen-bond acceptors (Lipinski definition) is 2. The molecule has 0 aliphatic rings. The molecule has 0 aliphatic heterocycles. The maximum Gasteiger partial charge on any atom is 0.0546 e. The van der Waals surface area contributed by atoms with E-state index >= 15 is 0 Å². The fourth-order valence-electron chi connectivity index (χ4n) is 7.57. The van der Waals surface area contributed by atoms with Crippen molar-refractivity contribution in [3.63, 3.8) is 0 Å². The van der Waals surface area contributed by atoms with Crippen molar-refractivity contribution in [2.75, 3.05) is 4.90 Å². The Labute approximate surface area is 282 Å². The van der Waals surface area contributed by atoms with Crippen molar-refractivity contribution in [2.45, 2.75) is 0 Å². The number of hydrogen-bond donors (Lipinski definition) is 0. The fraction of sp³-hybridized carbons (Fsp3) is 0. The first-order valence-corrected chi connectivity index (χ1v) is 17.2. The molecule has 1 aromatic heterocycles. The number of nitrogens with zero attached hydrogens (tertiary/aromatic N) is 1. The van der Waals surface area contributed by atoms with Crippen molar-refractivity contribution in [1.82, 2.24) is 0 Å². The van der Waals surface area contributed by atoms with Gasteiger partial charge < -0.3 is 4.90 Å². The van der Waals surface area contributed by atoms with Crippen LogP contribution in [-0.2, 0) is 0 Å². The van der Waals surface area contributed by atoms with Crippen molar-refractivity contribution in [3.8, 4) is 11.1 Å². The number of anilines is 3. The molecule has 0 N–H and O–H groups in total. The molecule has 10 aromatic rings. The van der Waals surface area contributed by atoms with Crippen molar-refractivity contribution in [1.29, 1.82) is 0 Å². The first-order chi connectivity index (χ1) is 23.8. The first kappa shape index (κ1) is 27.2. The molecule has 10 rings (SSSR count). The van der Waals surface area contributed by atoms with Crippen LogP contribution in [-0.4, -0.2) is 0 Å². The summed E-state index contributed by atoms with van der Waals surface area (Å²) in [6.07, 6.45) is 0. The quantitative estimate of drug-likeness (QED) is 0.176. The third-order valence-corrected chi connectivity index (χ3v) is 10.9. The Bertz CT molecular complexity index is 2830. The van der Waals surface area contributed by atoms with Gasteiger partial charge >= 0.3 is 0 Å². The highest BCUT2D eigenvalue weighted by Crippen LogP contribution is 2.47. The van der Waals surface area contributed by atoms with E-state index in [2.05, 4.69) is 181 Å². The van der Waals surface area contributed by atoms with Crippen LogP contribution in [0.25, 0.3) is 74.4 Å². The summed E-state index contributed by atoms with van der Waals surface area (Å²) in [5, 5.41) is 12.7. The molecule has 48 heavy (non-hydrogen) atoms. The van der Waals surface area contributed by atoms with E-state index in [1.165, 1.54) is 85.8 Å². The van der Waals surface area contributed by atoms with Gasteiger partial charge in [0.15, 0.2) is 0 Å². The Kier molecular flexibility index (Phi) is 6.12. The molecule has 0 atom stereocenters. The monoisotopic (exact) mass is 627 g/mol. The topological polar surface area (TPSA) is 3.24 Å². The van der Waals surface area contributed by atoms with Crippen LogP contribution >= 0.6 is 11.3 Å². The van der Waals surface area contributed by atoms with E-state index in [0.717, 1.165) is 5.69 Å². The average molecular weight is 628 g/mol. The first-order valence-electron chi connectivity index (χ1n) is 16.4. The van der Waals surface area contributed by atoms with Gasteiger partial charge in [0.2, 0.25) is 0 Å². The van der Waals surface area contributed by atoms with Crippen LogP contribution in [0.4, 0.5) is 17.1 Å². The lowest BCUT2D eigenvalue weighted by atomic mass is 9.94. The molecule has 224 valence electrons. The zero-order valence-corrected chi connectivity index (χ0v) is 26.9. The predicted molar refractivity (Wildman–Crippen MR) is 209 cm³/mol. The van der Waals surface area contributed by atoms with E-state index in [9.17, 15) is 0 Å². The minimum Gasteiger partial charge on any atom is -0.309 e. The van der Waals surface area contributed by atoms with Gasteiger partial charge in [-0.2, -0.15) is 0 Å². The molecule has 0 fully saturated rings. The zero-order chi connectivity index (χ0) is 31.6. The minimum absolute atomic E-state index is 1.13. The van der Waals surface area contributed by atoms with Gasteiger partial charge in [-0.05, 0) is 85.9 Å². The van der Waals surface area contributed by atoms with Crippen LogP contribution < -0.4 is 4.90 Å². The molecule has 0 bridgehead atoms. The van der Waals surface area contributed by atoms with Crippen molar-refractivity contribution < 1.29 is 0 Å². The third kappa shape index (κ3) is 4.24. The van der Waals surface area contributed by atoms with E-state index < -0.39 is 0 Å². The smallest absolute Gasteiger partial charge is 0.0546 e. The second-order valence-corrected chi connectivity index (χ2v) is 13.6. The lowest BCUT2D eigenvalue weighted by Crippen LogP contribution is -2.11. The average Bonchev–Trinajstić information content (AvgIpc) is 3.52. The maximum atomic E-state index is 2.50. The van der Waals surface area contributed by atoms with Crippen molar-refractivity contribution in [3.05, 3.63) is 176 Å². The van der Waals surface area contributed by atoms with Crippen LogP contribution in [0, 0.1) is 0 Å². The summed E-state index contributed by atoms with van der Waals surface area (Å²) in [5.41, 5.74) is 5.86. The van der Waals surface area contributed by atoms with Crippen LogP contribution in [0.2, 0.25) is 0 Å². The van der Waals surface area contributed by atoms with Crippen molar-refractivity contribution >= 4 is 91.7 Å². The SMILES string of the molecule is c1ccc(-c2cccc(N(c3cccc4cc5sc6ccccc6c5cc34)c3cc4ccccc4c4c3ccc3ccccc34)c2)cc1. The van der Waals surface area contributed by atoms with E-state index in [4.69, 9.17) is 0 Å². The summed E-state index contributed by atoms with van der Waals surface area (Å²) < 4.78 is 2.64. The van der Waals surface area contributed by atoms with E-state index in [1.807, 2.05) is 11.3 Å². The Balaban J connectivity index is 1.34. The van der Waals surface area contributed by atoms with Crippen LogP contribution in [0.1, 0.15) is 0 Å². The largest absolute Gasteiger partial charge is 0.309 e. The summed E-state index contributed by atoms with van der Waals surface area (Å²) >= 11 is 1.87. The zero-order valence-electron chi connectivity index (χ0n) is 26.1. The Hall–Kier alpha value is -5.96. The van der Waals surface area contributed by atoms with E-state index in [-0.39, 0.29) is 0 Å². The van der Waals surface area contributed by atoms with Gasteiger partial charge in [0.25, 0.3) is 0 Å². The third-order valence-electron chi connectivity index (χ3n) is 9.78. The normalized spacial score (nSPS) is 11.8. The summed E-state index contributed by atoms with van der Waals surface area (Å²) in [6.45, 7) is 0. The standard InChI is InChI=1S/C46H29NS/c1-2-12-30(13-3-1)32-16-10-18-35(26-32)47(42-22-11-17-34-28-45-41(29-40(34)42)38-21-8-9-23-44(38)48-45)43-27-33-15-5-7-20-37(33)46-36-19-6-4-14-31(36)24-25-39(43)46/h1-29H. The Morgan fingerprint density at radius 1 is 0.333 bits per heavy atom. The summed E-state index contributed by atoms with van der Waals surface area (Å²) in [5.74, 6) is 0. The number of rotatable bonds is 4. The highest BCUT2D eigenvalue weighted by molar-refractivity contribution is 7.25.